The molecule has 0 aromatic carbocycles. The van der Waals surface area contributed by atoms with Crippen LogP contribution in [0.2, 0.25) is 0 Å². The van der Waals surface area contributed by atoms with E-state index in [1.807, 2.05) is 21.9 Å². The van der Waals surface area contributed by atoms with Gasteiger partial charge in [0.25, 0.3) is 0 Å². The predicted molar refractivity (Wildman–Crippen MR) is 95.0 cm³/mol. The molecule has 7 heteroatoms. The molecule has 1 unspecified atom stereocenters. The van der Waals surface area contributed by atoms with Crippen LogP contribution in [0.1, 0.15) is 31.4 Å². The second-order valence-electron chi connectivity index (χ2n) is 6.71. The van der Waals surface area contributed by atoms with Crippen molar-refractivity contribution in [2.45, 2.75) is 25.8 Å². The minimum atomic E-state index is 0.0154. The van der Waals surface area contributed by atoms with Crippen molar-refractivity contribution < 1.29 is 9.59 Å². The Morgan fingerprint density at radius 2 is 1.88 bits per heavy atom. The van der Waals surface area contributed by atoms with Gasteiger partial charge in [0.15, 0.2) is 0 Å². The first-order valence-corrected chi connectivity index (χ1v) is 9.07. The summed E-state index contributed by atoms with van der Waals surface area (Å²) < 4.78 is 0. The van der Waals surface area contributed by atoms with E-state index in [9.17, 15) is 9.59 Å². The van der Waals surface area contributed by atoms with Crippen LogP contribution < -0.4 is 5.32 Å². The molecule has 2 aliphatic rings. The highest BCUT2D eigenvalue weighted by Crippen LogP contribution is 2.31. The maximum absolute atomic E-state index is 12.5. The lowest BCUT2D eigenvalue weighted by Crippen LogP contribution is -2.50. The number of likely N-dealkylation sites (tertiary alicyclic amines) is 1. The average Bonchev–Trinajstić information content (AvgIpc) is 3.13. The molecular weight excluding hydrogens is 318 g/mol. The summed E-state index contributed by atoms with van der Waals surface area (Å²) in [6, 6.07) is 4.15. The number of hydrogen-bond acceptors (Lipinski definition) is 4. The molecule has 2 aliphatic heterocycles. The molecule has 0 bridgehead atoms. The maximum Gasteiger partial charge on any atom is 0.317 e. The predicted octanol–water partition coefficient (Wildman–Crippen LogP) is 1.09. The fraction of sp³-hybridized carbons (Fsp3) is 0.611. The molecule has 1 aromatic heterocycles. The molecule has 7 nitrogen and oxygen atoms in total. The van der Waals surface area contributed by atoms with Crippen LogP contribution in [-0.2, 0) is 4.79 Å². The number of pyridine rings is 1. The number of nitrogens with one attached hydrogen (secondary N) is 1. The largest absolute Gasteiger partial charge is 0.340 e. The molecule has 1 N–H and O–H groups in total. The van der Waals surface area contributed by atoms with Crippen molar-refractivity contribution in [2.75, 3.05) is 45.8 Å². The Bertz CT molecular complexity index is 586. The zero-order valence-corrected chi connectivity index (χ0v) is 14.9. The highest BCUT2D eigenvalue weighted by Gasteiger charge is 2.29. The first kappa shape index (κ1) is 17.7. The van der Waals surface area contributed by atoms with Crippen molar-refractivity contribution in [3.8, 4) is 0 Å². The second-order valence-corrected chi connectivity index (χ2v) is 6.71. The van der Waals surface area contributed by atoms with Gasteiger partial charge in [0, 0.05) is 65.1 Å². The minimum Gasteiger partial charge on any atom is -0.340 e. The van der Waals surface area contributed by atoms with Crippen molar-refractivity contribution in [2.24, 2.45) is 0 Å². The first-order valence-electron chi connectivity index (χ1n) is 9.07. The van der Waals surface area contributed by atoms with E-state index < -0.39 is 0 Å². The summed E-state index contributed by atoms with van der Waals surface area (Å²) in [7, 11) is 0. The Morgan fingerprint density at radius 3 is 2.56 bits per heavy atom. The maximum atomic E-state index is 12.5. The van der Waals surface area contributed by atoms with Crippen molar-refractivity contribution in [1.82, 2.24) is 25.0 Å². The van der Waals surface area contributed by atoms with Gasteiger partial charge in [-0.05, 0) is 30.5 Å². The van der Waals surface area contributed by atoms with Gasteiger partial charge in [-0.1, -0.05) is 0 Å². The van der Waals surface area contributed by atoms with Crippen molar-refractivity contribution >= 4 is 11.9 Å². The summed E-state index contributed by atoms with van der Waals surface area (Å²) in [4.78, 5) is 34.0. The molecule has 1 atom stereocenters. The highest BCUT2D eigenvalue weighted by atomic mass is 16.2. The van der Waals surface area contributed by atoms with Crippen molar-refractivity contribution in [3.05, 3.63) is 30.1 Å². The molecular formula is C18H27N5O2. The number of urea groups is 1. The fourth-order valence-electron chi connectivity index (χ4n) is 3.65. The fourth-order valence-corrected chi connectivity index (χ4v) is 3.65. The monoisotopic (exact) mass is 345 g/mol. The van der Waals surface area contributed by atoms with E-state index in [2.05, 4.69) is 15.2 Å². The third-order valence-corrected chi connectivity index (χ3v) is 5.13. The van der Waals surface area contributed by atoms with Crippen LogP contribution >= 0.6 is 0 Å². The van der Waals surface area contributed by atoms with E-state index in [-0.39, 0.29) is 18.0 Å². The Hall–Kier alpha value is -2.15. The Morgan fingerprint density at radius 1 is 1.16 bits per heavy atom. The van der Waals surface area contributed by atoms with E-state index in [4.69, 9.17) is 0 Å². The van der Waals surface area contributed by atoms with Crippen LogP contribution in [-0.4, -0.2) is 77.4 Å². The summed E-state index contributed by atoms with van der Waals surface area (Å²) in [5.74, 6) is 0.143. The normalized spacial score (nSPS) is 21.4. The number of amides is 3. The summed E-state index contributed by atoms with van der Waals surface area (Å²) in [5.41, 5.74) is 1.16. The lowest BCUT2D eigenvalue weighted by Gasteiger charge is -2.34. The van der Waals surface area contributed by atoms with Crippen molar-refractivity contribution in [1.29, 1.82) is 0 Å². The van der Waals surface area contributed by atoms with Crippen LogP contribution in [0.4, 0.5) is 4.79 Å². The summed E-state index contributed by atoms with van der Waals surface area (Å²) in [6.45, 7) is 7.18. The van der Waals surface area contributed by atoms with E-state index in [0.717, 1.165) is 57.7 Å². The molecule has 0 aliphatic carbocycles. The molecule has 25 heavy (non-hydrogen) atoms. The number of nitrogens with zero attached hydrogens (tertiary/aromatic N) is 4. The second kappa shape index (κ2) is 8.29. The lowest BCUT2D eigenvalue weighted by atomic mass is 10.1. The van der Waals surface area contributed by atoms with Gasteiger partial charge in [0.05, 0.1) is 6.04 Å². The minimum absolute atomic E-state index is 0.0154. The molecule has 0 spiro atoms. The third kappa shape index (κ3) is 4.48. The first-order chi connectivity index (χ1) is 12.1. The zero-order chi connectivity index (χ0) is 17.6. The smallest absolute Gasteiger partial charge is 0.317 e. The van der Waals surface area contributed by atoms with Crippen LogP contribution in [0.3, 0.4) is 0 Å². The number of rotatable bonds is 4. The number of hydrogen-bond donors (Lipinski definition) is 1. The molecule has 136 valence electrons. The zero-order valence-electron chi connectivity index (χ0n) is 14.9. The van der Waals surface area contributed by atoms with Crippen molar-refractivity contribution in [3.63, 3.8) is 0 Å². The Labute approximate surface area is 149 Å². The average molecular weight is 345 g/mol. The Balaban J connectivity index is 1.43. The number of aromatic nitrogens is 1. The molecule has 2 saturated heterocycles. The molecule has 3 amide bonds. The van der Waals surface area contributed by atoms with Gasteiger partial charge >= 0.3 is 6.03 Å². The topological polar surface area (TPSA) is 68.8 Å². The van der Waals surface area contributed by atoms with Crippen LogP contribution in [0.5, 0.6) is 0 Å². The third-order valence-electron chi connectivity index (χ3n) is 5.13. The van der Waals surface area contributed by atoms with Gasteiger partial charge in [-0.25, -0.2) is 4.79 Å². The van der Waals surface area contributed by atoms with Crippen LogP contribution in [0.15, 0.2) is 24.5 Å². The molecule has 0 radical (unpaired) electrons. The SMILES string of the molecule is CC(=O)N1CCN(CCNC(=O)N2CCCC2c2ccncc2)CC1. The van der Waals surface area contributed by atoms with Gasteiger partial charge in [-0.15, -0.1) is 0 Å². The van der Waals surface area contributed by atoms with Gasteiger partial charge < -0.3 is 15.1 Å². The quantitative estimate of drug-likeness (QED) is 0.887. The molecule has 3 heterocycles. The standard InChI is InChI=1S/C18H27N5O2/c1-15(24)22-13-11-21(12-14-22)10-8-20-18(25)23-9-2-3-17(23)16-4-6-19-7-5-16/h4-7,17H,2-3,8-14H2,1H3,(H,20,25). The van der Waals surface area contributed by atoms with E-state index in [1.54, 1.807) is 19.3 Å². The highest BCUT2D eigenvalue weighted by molar-refractivity contribution is 5.75. The van der Waals surface area contributed by atoms with E-state index in [0.29, 0.717) is 6.54 Å². The number of piperazine rings is 1. The van der Waals surface area contributed by atoms with E-state index >= 15 is 0 Å². The number of carbonyl (C=O) groups is 2. The van der Waals surface area contributed by atoms with Gasteiger partial charge in [0.1, 0.15) is 0 Å². The van der Waals surface area contributed by atoms with Gasteiger partial charge in [0.2, 0.25) is 5.91 Å². The Kier molecular flexibility index (Phi) is 5.86. The molecule has 0 saturated carbocycles. The summed E-state index contributed by atoms with van der Waals surface area (Å²) in [6.07, 6.45) is 5.60. The molecule has 3 rings (SSSR count). The van der Waals surface area contributed by atoms with Gasteiger partial charge in [-0.2, -0.15) is 0 Å². The summed E-state index contributed by atoms with van der Waals surface area (Å²) >= 11 is 0. The van der Waals surface area contributed by atoms with E-state index in [1.165, 1.54) is 0 Å². The number of carbonyl (C=O) groups excluding carboxylic acids is 2. The van der Waals surface area contributed by atoms with Gasteiger partial charge in [-0.3, -0.25) is 14.7 Å². The summed E-state index contributed by atoms with van der Waals surface area (Å²) in [5, 5.41) is 3.05. The molecule has 1 aromatic rings. The van der Waals surface area contributed by atoms with Crippen LogP contribution in [0.25, 0.3) is 0 Å². The molecule has 2 fully saturated rings. The van der Waals surface area contributed by atoms with Crippen LogP contribution in [0, 0.1) is 0 Å². The lowest BCUT2D eigenvalue weighted by molar-refractivity contribution is -0.130.